The van der Waals surface area contributed by atoms with Crippen LogP contribution in [0.5, 0.6) is 5.75 Å². The van der Waals surface area contributed by atoms with Crippen molar-refractivity contribution in [1.82, 2.24) is 5.32 Å². The first-order chi connectivity index (χ1) is 9.88. The van der Waals surface area contributed by atoms with Crippen molar-refractivity contribution in [3.63, 3.8) is 0 Å². The van der Waals surface area contributed by atoms with Gasteiger partial charge in [0, 0.05) is 29.6 Å². The highest BCUT2D eigenvalue weighted by Gasteiger charge is 2.34. The minimum Gasteiger partial charge on any atom is -0.490 e. The van der Waals surface area contributed by atoms with Crippen LogP contribution in [-0.4, -0.2) is 12.1 Å². The second-order valence-corrected chi connectivity index (χ2v) is 7.82. The van der Waals surface area contributed by atoms with Gasteiger partial charge in [-0.3, -0.25) is 0 Å². The molecule has 1 fully saturated rings. The largest absolute Gasteiger partial charge is 0.490 e. The molecule has 1 aliphatic carbocycles. The van der Waals surface area contributed by atoms with Gasteiger partial charge < -0.3 is 10.1 Å². The lowest BCUT2D eigenvalue weighted by Gasteiger charge is -2.36. The Bertz CT molecular complexity index is 525. The zero-order valence-electron chi connectivity index (χ0n) is 14.1. The van der Waals surface area contributed by atoms with Gasteiger partial charge in [-0.15, -0.1) is 0 Å². The smallest absolute Gasteiger partial charge is 0.128 e. The topological polar surface area (TPSA) is 21.3 Å². The molecule has 0 aromatic heterocycles. The lowest BCUT2D eigenvalue weighted by atomic mass is 9.81. The number of hydrogen-bond acceptors (Lipinski definition) is 2. The highest BCUT2D eigenvalue weighted by atomic mass is 16.5. The third kappa shape index (κ3) is 3.11. The summed E-state index contributed by atoms with van der Waals surface area (Å²) in [5.74, 6) is 1.15. The lowest BCUT2D eigenvalue weighted by molar-refractivity contribution is 0.162. The zero-order chi connectivity index (χ0) is 15.2. The highest BCUT2D eigenvalue weighted by Crippen LogP contribution is 2.43. The van der Waals surface area contributed by atoms with Gasteiger partial charge in [0.05, 0.1) is 6.10 Å². The molecule has 116 valence electrons. The lowest BCUT2D eigenvalue weighted by Crippen LogP contribution is -2.34. The first kappa shape index (κ1) is 14.9. The number of aryl methyl sites for hydroxylation is 1. The van der Waals surface area contributed by atoms with Crippen molar-refractivity contribution in [3.05, 3.63) is 28.8 Å². The summed E-state index contributed by atoms with van der Waals surface area (Å²) in [5.41, 5.74) is 4.31. The van der Waals surface area contributed by atoms with Crippen molar-refractivity contribution in [2.45, 2.75) is 83.9 Å². The van der Waals surface area contributed by atoms with Gasteiger partial charge in [0.1, 0.15) is 5.75 Å². The van der Waals surface area contributed by atoms with Crippen LogP contribution in [0.4, 0.5) is 0 Å². The van der Waals surface area contributed by atoms with Crippen molar-refractivity contribution < 1.29 is 4.74 Å². The summed E-state index contributed by atoms with van der Waals surface area (Å²) in [7, 11) is 0. The molecule has 1 aromatic carbocycles. The van der Waals surface area contributed by atoms with Gasteiger partial charge in [0.2, 0.25) is 0 Å². The molecule has 21 heavy (non-hydrogen) atoms. The maximum Gasteiger partial charge on any atom is 0.128 e. The fourth-order valence-corrected chi connectivity index (χ4v) is 3.27. The summed E-state index contributed by atoms with van der Waals surface area (Å²) in [5, 5.41) is 3.83. The Balaban J connectivity index is 2.07. The van der Waals surface area contributed by atoms with E-state index in [9.17, 15) is 0 Å². The van der Waals surface area contributed by atoms with Crippen LogP contribution in [0.25, 0.3) is 0 Å². The Morgan fingerprint density at radius 3 is 2.52 bits per heavy atom. The molecule has 1 N–H and O–H groups in total. The molecule has 2 heteroatoms. The van der Waals surface area contributed by atoms with E-state index in [4.69, 9.17) is 4.74 Å². The summed E-state index contributed by atoms with van der Waals surface area (Å²) < 4.78 is 6.28. The first-order valence-electron chi connectivity index (χ1n) is 8.48. The molecule has 1 aliphatic heterocycles. The summed E-state index contributed by atoms with van der Waals surface area (Å²) >= 11 is 0. The SMILES string of the molecule is CCc1cc2c(c(C(C)(C)C)c1)OC(C)CC2NC1CC1. The number of fused-ring (bicyclic) bond motifs is 1. The molecule has 0 amide bonds. The zero-order valence-corrected chi connectivity index (χ0v) is 14.1. The number of ether oxygens (including phenoxy) is 1. The van der Waals surface area contributed by atoms with E-state index in [0.29, 0.717) is 12.1 Å². The average molecular weight is 287 g/mol. The molecule has 0 radical (unpaired) electrons. The third-order valence-electron chi connectivity index (χ3n) is 4.67. The second-order valence-electron chi connectivity index (χ2n) is 7.82. The van der Waals surface area contributed by atoms with E-state index in [0.717, 1.165) is 24.6 Å². The molecular weight excluding hydrogens is 258 g/mol. The highest BCUT2D eigenvalue weighted by molar-refractivity contribution is 5.50. The van der Waals surface area contributed by atoms with Crippen molar-refractivity contribution in [2.24, 2.45) is 0 Å². The molecule has 0 saturated heterocycles. The molecule has 1 aromatic rings. The van der Waals surface area contributed by atoms with Gasteiger partial charge in [-0.1, -0.05) is 39.8 Å². The molecule has 3 rings (SSSR count). The normalized spacial score (nSPS) is 25.4. The Labute approximate surface area is 129 Å². The predicted molar refractivity (Wildman–Crippen MR) is 88.1 cm³/mol. The number of nitrogens with one attached hydrogen (secondary N) is 1. The van der Waals surface area contributed by atoms with E-state index in [2.05, 4.69) is 52.1 Å². The number of benzene rings is 1. The Hall–Kier alpha value is -1.02. The maximum absolute atomic E-state index is 6.28. The molecule has 0 spiro atoms. The van der Waals surface area contributed by atoms with E-state index in [1.54, 1.807) is 0 Å². The fourth-order valence-electron chi connectivity index (χ4n) is 3.27. The summed E-state index contributed by atoms with van der Waals surface area (Å²) in [6, 6.07) is 5.92. The molecule has 2 atom stereocenters. The van der Waals surface area contributed by atoms with Crippen molar-refractivity contribution in [1.29, 1.82) is 0 Å². The third-order valence-corrected chi connectivity index (χ3v) is 4.67. The van der Waals surface area contributed by atoms with Crippen LogP contribution in [0.2, 0.25) is 0 Å². The maximum atomic E-state index is 6.28. The van der Waals surface area contributed by atoms with Gasteiger partial charge >= 0.3 is 0 Å². The Kier molecular flexibility index (Phi) is 3.77. The van der Waals surface area contributed by atoms with Crippen LogP contribution < -0.4 is 10.1 Å². The summed E-state index contributed by atoms with van der Waals surface area (Å²) in [6.45, 7) is 11.3. The van der Waals surface area contributed by atoms with Crippen LogP contribution in [-0.2, 0) is 11.8 Å². The van der Waals surface area contributed by atoms with Crippen LogP contribution in [0.3, 0.4) is 0 Å². The van der Waals surface area contributed by atoms with Crippen LogP contribution >= 0.6 is 0 Å². The monoisotopic (exact) mass is 287 g/mol. The van der Waals surface area contributed by atoms with Gasteiger partial charge in [0.15, 0.2) is 0 Å². The van der Waals surface area contributed by atoms with Crippen LogP contribution in [0, 0.1) is 0 Å². The Morgan fingerprint density at radius 2 is 1.95 bits per heavy atom. The fraction of sp³-hybridized carbons (Fsp3) is 0.684. The van der Waals surface area contributed by atoms with E-state index >= 15 is 0 Å². The molecule has 1 saturated carbocycles. The van der Waals surface area contributed by atoms with Crippen molar-refractivity contribution in [3.8, 4) is 5.75 Å². The standard InChI is InChI=1S/C19H29NO/c1-6-13-10-15-17(20-14-7-8-14)9-12(2)21-18(15)16(11-13)19(3,4)5/h10-12,14,17,20H,6-9H2,1-5H3. The molecule has 2 aliphatic rings. The molecule has 0 bridgehead atoms. The summed E-state index contributed by atoms with van der Waals surface area (Å²) in [6.07, 6.45) is 5.13. The summed E-state index contributed by atoms with van der Waals surface area (Å²) in [4.78, 5) is 0. The van der Waals surface area contributed by atoms with Gasteiger partial charge in [-0.05, 0) is 37.2 Å². The number of rotatable bonds is 3. The Morgan fingerprint density at radius 1 is 1.24 bits per heavy atom. The van der Waals surface area contributed by atoms with Crippen molar-refractivity contribution >= 4 is 0 Å². The minimum atomic E-state index is 0.121. The van der Waals surface area contributed by atoms with E-state index in [1.807, 2.05) is 0 Å². The van der Waals surface area contributed by atoms with Crippen molar-refractivity contribution in [2.75, 3.05) is 0 Å². The molecular formula is C19H29NO. The van der Waals surface area contributed by atoms with Crippen LogP contribution in [0.15, 0.2) is 12.1 Å². The quantitative estimate of drug-likeness (QED) is 0.883. The molecule has 2 nitrogen and oxygen atoms in total. The second kappa shape index (κ2) is 5.31. The number of hydrogen-bond donors (Lipinski definition) is 1. The van der Waals surface area contributed by atoms with E-state index < -0.39 is 0 Å². The average Bonchev–Trinajstić information content (AvgIpc) is 3.20. The van der Waals surface area contributed by atoms with Gasteiger partial charge in [-0.2, -0.15) is 0 Å². The molecule has 1 heterocycles. The van der Waals surface area contributed by atoms with E-state index in [1.165, 1.54) is 29.5 Å². The van der Waals surface area contributed by atoms with E-state index in [-0.39, 0.29) is 5.41 Å². The van der Waals surface area contributed by atoms with Gasteiger partial charge in [-0.25, -0.2) is 0 Å². The first-order valence-corrected chi connectivity index (χ1v) is 8.48. The van der Waals surface area contributed by atoms with Gasteiger partial charge in [0.25, 0.3) is 0 Å². The minimum absolute atomic E-state index is 0.121. The predicted octanol–water partition coefficient (Wildman–Crippen LogP) is 4.51. The molecule has 2 unspecified atom stereocenters. The van der Waals surface area contributed by atoms with Crippen LogP contribution in [0.1, 0.15) is 76.6 Å².